The maximum absolute atomic E-state index is 13.3. The van der Waals surface area contributed by atoms with Gasteiger partial charge in [0.1, 0.15) is 16.9 Å². The first kappa shape index (κ1) is 22.7. The topological polar surface area (TPSA) is 88.9 Å². The standard InChI is InChI=1S/C22H26F2N2O5/c1-4-7-14-16(9-8-13-15(19(23)24)12-17(27)31-18(13)14)30-11-6-5-10-26-20(28)22(2,3)25-21(26)29/h8-9,12,19H,4-7,10-11H2,1-3H3,(H,25,29). The number of unbranched alkanes of at least 4 members (excludes halogenated alkanes) is 1. The van der Waals surface area contributed by atoms with Gasteiger partial charge in [-0.15, -0.1) is 0 Å². The molecule has 0 saturated carbocycles. The summed E-state index contributed by atoms with van der Waals surface area (Å²) in [7, 11) is 0. The SMILES string of the molecule is CCCc1c(OCCCCN2C(=O)NC(C)(C)C2=O)ccc2c(C(F)F)cc(=O)oc12. The number of imide groups is 1. The minimum atomic E-state index is -2.79. The van der Waals surface area contributed by atoms with Crippen molar-refractivity contribution >= 4 is 22.9 Å². The molecule has 0 spiro atoms. The molecule has 0 radical (unpaired) electrons. The smallest absolute Gasteiger partial charge is 0.336 e. The highest BCUT2D eigenvalue weighted by Crippen LogP contribution is 2.33. The fourth-order valence-electron chi connectivity index (χ4n) is 3.67. The number of nitrogens with one attached hydrogen (secondary N) is 1. The summed E-state index contributed by atoms with van der Waals surface area (Å²) in [5, 5.41) is 2.83. The zero-order chi connectivity index (χ0) is 22.8. The van der Waals surface area contributed by atoms with Crippen LogP contribution in [-0.4, -0.2) is 35.5 Å². The molecule has 1 aliphatic rings. The van der Waals surface area contributed by atoms with Gasteiger partial charge in [-0.2, -0.15) is 0 Å². The summed E-state index contributed by atoms with van der Waals surface area (Å²) in [6.07, 6.45) is -0.457. The van der Waals surface area contributed by atoms with E-state index < -0.39 is 23.6 Å². The Kier molecular flexibility index (Phi) is 6.62. The van der Waals surface area contributed by atoms with Crippen LogP contribution in [0.4, 0.5) is 13.6 Å². The average Bonchev–Trinajstić information content (AvgIpc) is 2.89. The van der Waals surface area contributed by atoms with Crippen molar-refractivity contribution in [3.8, 4) is 5.75 Å². The number of fused-ring (bicyclic) bond motifs is 1. The van der Waals surface area contributed by atoms with E-state index in [4.69, 9.17) is 9.15 Å². The number of carbonyl (C=O) groups is 2. The van der Waals surface area contributed by atoms with Gasteiger partial charge in [-0.05, 0) is 45.2 Å². The number of nitrogens with zero attached hydrogens (tertiary/aromatic N) is 1. The molecule has 1 aliphatic heterocycles. The molecule has 0 aliphatic carbocycles. The van der Waals surface area contributed by atoms with Crippen molar-refractivity contribution < 1.29 is 27.5 Å². The first-order valence-corrected chi connectivity index (χ1v) is 10.3. The van der Waals surface area contributed by atoms with Gasteiger partial charge in [0.25, 0.3) is 12.3 Å². The van der Waals surface area contributed by atoms with E-state index >= 15 is 0 Å². The Balaban J connectivity index is 1.69. The molecule has 1 aromatic carbocycles. The molecule has 2 aromatic rings. The predicted molar refractivity (Wildman–Crippen MR) is 110 cm³/mol. The highest BCUT2D eigenvalue weighted by molar-refractivity contribution is 6.06. The lowest BCUT2D eigenvalue weighted by atomic mass is 10.0. The Morgan fingerprint density at radius 2 is 1.94 bits per heavy atom. The number of benzene rings is 1. The van der Waals surface area contributed by atoms with Crippen LogP contribution in [0.15, 0.2) is 27.4 Å². The number of carbonyl (C=O) groups excluding carboxylic acids is 2. The molecule has 3 rings (SSSR count). The summed E-state index contributed by atoms with van der Waals surface area (Å²) < 4.78 is 37.8. The quantitative estimate of drug-likeness (QED) is 0.362. The van der Waals surface area contributed by atoms with Crippen molar-refractivity contribution in [3.05, 3.63) is 39.7 Å². The van der Waals surface area contributed by atoms with Gasteiger partial charge < -0.3 is 14.5 Å². The molecule has 1 aromatic heterocycles. The first-order valence-electron chi connectivity index (χ1n) is 10.3. The molecule has 0 bridgehead atoms. The van der Waals surface area contributed by atoms with E-state index in [0.717, 1.165) is 6.07 Å². The maximum Gasteiger partial charge on any atom is 0.336 e. The minimum absolute atomic E-state index is 0.128. The Hall–Kier alpha value is -2.97. The van der Waals surface area contributed by atoms with Crippen molar-refractivity contribution in [1.82, 2.24) is 10.2 Å². The van der Waals surface area contributed by atoms with Crippen molar-refractivity contribution in [3.63, 3.8) is 0 Å². The zero-order valence-electron chi connectivity index (χ0n) is 17.8. The summed E-state index contributed by atoms with van der Waals surface area (Å²) in [5.41, 5.74) is -1.37. The van der Waals surface area contributed by atoms with E-state index in [1.54, 1.807) is 19.9 Å². The van der Waals surface area contributed by atoms with Gasteiger partial charge in [0.2, 0.25) is 0 Å². The largest absolute Gasteiger partial charge is 0.493 e. The molecule has 1 saturated heterocycles. The zero-order valence-corrected chi connectivity index (χ0v) is 17.8. The highest BCUT2D eigenvalue weighted by atomic mass is 19.3. The van der Waals surface area contributed by atoms with E-state index in [9.17, 15) is 23.2 Å². The second-order valence-electron chi connectivity index (χ2n) is 8.06. The lowest BCUT2D eigenvalue weighted by Crippen LogP contribution is -2.40. The van der Waals surface area contributed by atoms with Crippen LogP contribution >= 0.6 is 0 Å². The average molecular weight is 436 g/mol. The number of aryl methyl sites for hydroxylation is 1. The van der Waals surface area contributed by atoms with E-state index in [2.05, 4.69) is 5.32 Å². The second-order valence-corrected chi connectivity index (χ2v) is 8.06. The predicted octanol–water partition coefficient (Wildman–Crippen LogP) is 4.17. The number of hydrogen-bond donors (Lipinski definition) is 1. The summed E-state index contributed by atoms with van der Waals surface area (Å²) in [5.74, 6) is 0.211. The Labute approximate surface area is 178 Å². The molecular weight excluding hydrogens is 410 g/mol. The van der Waals surface area contributed by atoms with Gasteiger partial charge in [-0.25, -0.2) is 18.4 Å². The summed E-state index contributed by atoms with van der Waals surface area (Å²) in [6, 6.07) is 3.50. The van der Waals surface area contributed by atoms with E-state index in [0.29, 0.717) is 43.6 Å². The van der Waals surface area contributed by atoms with E-state index in [1.807, 2.05) is 6.92 Å². The van der Waals surface area contributed by atoms with Crippen molar-refractivity contribution in [2.24, 2.45) is 0 Å². The van der Waals surface area contributed by atoms with Gasteiger partial charge in [0, 0.05) is 29.1 Å². The Morgan fingerprint density at radius 3 is 2.55 bits per heavy atom. The lowest BCUT2D eigenvalue weighted by Gasteiger charge is -2.16. The van der Waals surface area contributed by atoms with E-state index in [-0.39, 0.29) is 29.0 Å². The fraction of sp³-hybridized carbons (Fsp3) is 0.500. The molecular formula is C22H26F2N2O5. The third-order valence-corrected chi connectivity index (χ3v) is 5.22. The first-order chi connectivity index (χ1) is 14.7. The van der Waals surface area contributed by atoms with Crippen LogP contribution in [0.3, 0.4) is 0 Å². The summed E-state index contributed by atoms with van der Waals surface area (Å²) in [6.45, 7) is 5.82. The number of ether oxygens (including phenoxy) is 1. The second kappa shape index (κ2) is 9.03. The number of hydrogen-bond acceptors (Lipinski definition) is 5. The van der Waals surface area contributed by atoms with Gasteiger partial charge in [0.15, 0.2) is 0 Å². The van der Waals surface area contributed by atoms with Crippen molar-refractivity contribution in [2.75, 3.05) is 13.2 Å². The van der Waals surface area contributed by atoms with Crippen LogP contribution in [0.5, 0.6) is 5.75 Å². The van der Waals surface area contributed by atoms with Crippen LogP contribution in [0, 0.1) is 0 Å². The molecule has 168 valence electrons. The summed E-state index contributed by atoms with van der Waals surface area (Å²) >= 11 is 0. The minimum Gasteiger partial charge on any atom is -0.493 e. The monoisotopic (exact) mass is 436 g/mol. The van der Waals surface area contributed by atoms with Gasteiger partial charge in [-0.1, -0.05) is 13.3 Å². The summed E-state index contributed by atoms with van der Waals surface area (Å²) in [4.78, 5) is 37.1. The molecule has 7 nitrogen and oxygen atoms in total. The molecule has 31 heavy (non-hydrogen) atoms. The molecule has 9 heteroatoms. The molecule has 1 fully saturated rings. The highest BCUT2D eigenvalue weighted by Gasteiger charge is 2.43. The van der Waals surface area contributed by atoms with Gasteiger partial charge in [0.05, 0.1) is 6.61 Å². The fourth-order valence-corrected chi connectivity index (χ4v) is 3.67. The Morgan fingerprint density at radius 1 is 1.19 bits per heavy atom. The third-order valence-electron chi connectivity index (χ3n) is 5.22. The van der Waals surface area contributed by atoms with Crippen LogP contribution in [-0.2, 0) is 11.2 Å². The van der Waals surface area contributed by atoms with Crippen molar-refractivity contribution in [2.45, 2.75) is 58.4 Å². The number of alkyl halides is 2. The molecule has 3 amide bonds. The number of urea groups is 1. The van der Waals surface area contributed by atoms with Crippen LogP contribution < -0.4 is 15.7 Å². The molecule has 1 N–H and O–H groups in total. The van der Waals surface area contributed by atoms with Gasteiger partial charge >= 0.3 is 11.7 Å². The maximum atomic E-state index is 13.3. The van der Waals surface area contributed by atoms with E-state index in [1.165, 1.54) is 11.0 Å². The lowest BCUT2D eigenvalue weighted by molar-refractivity contribution is -0.130. The van der Waals surface area contributed by atoms with Crippen LogP contribution in [0.1, 0.15) is 57.6 Å². The normalized spacial score (nSPS) is 15.7. The Bertz CT molecular complexity index is 1050. The number of rotatable bonds is 9. The third kappa shape index (κ3) is 4.70. The van der Waals surface area contributed by atoms with Crippen LogP contribution in [0.2, 0.25) is 0 Å². The molecule has 2 heterocycles. The van der Waals surface area contributed by atoms with Crippen LogP contribution in [0.25, 0.3) is 11.0 Å². The number of amides is 3. The van der Waals surface area contributed by atoms with Crippen molar-refractivity contribution in [1.29, 1.82) is 0 Å². The van der Waals surface area contributed by atoms with Gasteiger partial charge in [-0.3, -0.25) is 9.69 Å². The molecule has 0 atom stereocenters. The number of halogens is 2. The molecule has 0 unspecified atom stereocenters.